The Labute approximate surface area is 97.3 Å². The molecule has 0 spiro atoms. The molecule has 0 bridgehead atoms. The van der Waals surface area contributed by atoms with Crippen molar-refractivity contribution in [2.24, 2.45) is 5.92 Å². The van der Waals surface area contributed by atoms with Gasteiger partial charge >= 0.3 is 0 Å². The Morgan fingerprint density at radius 2 is 2.06 bits per heavy atom. The van der Waals surface area contributed by atoms with Crippen LogP contribution in [0, 0.1) is 11.7 Å². The van der Waals surface area contributed by atoms with E-state index >= 15 is 0 Å². The normalized spacial score (nSPS) is 12.5. The van der Waals surface area contributed by atoms with Crippen molar-refractivity contribution in [2.45, 2.75) is 27.2 Å². The van der Waals surface area contributed by atoms with Gasteiger partial charge in [-0.3, -0.25) is 0 Å². The molecule has 0 aromatic heterocycles. The van der Waals surface area contributed by atoms with Crippen molar-refractivity contribution in [1.82, 2.24) is 0 Å². The van der Waals surface area contributed by atoms with Gasteiger partial charge in [-0.05, 0) is 25.0 Å². The van der Waals surface area contributed by atoms with E-state index in [1.54, 1.807) is 6.07 Å². The zero-order valence-corrected chi connectivity index (χ0v) is 10.3. The van der Waals surface area contributed by atoms with Crippen LogP contribution in [-0.2, 0) is 0 Å². The standard InChI is InChI=1S/C13H21FN2/c1-4-10(3)9-16(5-2)12-8-6-7-11(14)13(12)15/h6-8,10H,4-5,9,15H2,1-3H3. The molecule has 0 heterocycles. The van der Waals surface area contributed by atoms with E-state index in [1.165, 1.54) is 6.07 Å². The van der Waals surface area contributed by atoms with Gasteiger partial charge in [-0.25, -0.2) is 4.39 Å². The summed E-state index contributed by atoms with van der Waals surface area (Å²) in [6.45, 7) is 8.18. The van der Waals surface area contributed by atoms with Gasteiger partial charge in [0.25, 0.3) is 0 Å². The number of para-hydroxylation sites is 1. The summed E-state index contributed by atoms with van der Waals surface area (Å²) in [5.41, 5.74) is 6.82. The van der Waals surface area contributed by atoms with E-state index in [2.05, 4.69) is 25.7 Å². The summed E-state index contributed by atoms with van der Waals surface area (Å²) in [6, 6.07) is 4.99. The molecule has 0 aliphatic carbocycles. The summed E-state index contributed by atoms with van der Waals surface area (Å²) in [5, 5.41) is 0. The number of rotatable bonds is 5. The minimum absolute atomic E-state index is 0.257. The maximum atomic E-state index is 13.3. The van der Waals surface area contributed by atoms with Crippen molar-refractivity contribution in [2.75, 3.05) is 23.7 Å². The Hall–Kier alpha value is -1.25. The molecule has 0 amide bonds. The maximum Gasteiger partial charge on any atom is 0.148 e. The molecule has 1 atom stereocenters. The predicted octanol–water partition coefficient (Wildman–Crippen LogP) is 3.28. The minimum Gasteiger partial charge on any atom is -0.395 e. The molecule has 2 N–H and O–H groups in total. The van der Waals surface area contributed by atoms with Crippen LogP contribution < -0.4 is 10.6 Å². The molecule has 3 heteroatoms. The molecule has 90 valence electrons. The molecule has 1 aromatic rings. The summed E-state index contributed by atoms with van der Waals surface area (Å²) in [6.07, 6.45) is 1.12. The second-order valence-corrected chi connectivity index (χ2v) is 4.22. The van der Waals surface area contributed by atoms with Gasteiger partial charge in [0, 0.05) is 13.1 Å². The monoisotopic (exact) mass is 224 g/mol. The van der Waals surface area contributed by atoms with Gasteiger partial charge < -0.3 is 10.6 Å². The second kappa shape index (κ2) is 5.73. The van der Waals surface area contributed by atoms with E-state index in [0.29, 0.717) is 5.92 Å². The van der Waals surface area contributed by atoms with E-state index < -0.39 is 0 Å². The van der Waals surface area contributed by atoms with Crippen molar-refractivity contribution in [3.63, 3.8) is 0 Å². The average molecular weight is 224 g/mol. The largest absolute Gasteiger partial charge is 0.395 e. The Kier molecular flexibility index (Phi) is 4.59. The van der Waals surface area contributed by atoms with Gasteiger partial charge in [-0.15, -0.1) is 0 Å². The Morgan fingerprint density at radius 3 is 2.62 bits per heavy atom. The highest BCUT2D eigenvalue weighted by Gasteiger charge is 2.12. The highest BCUT2D eigenvalue weighted by molar-refractivity contribution is 5.68. The molecule has 0 aliphatic heterocycles. The van der Waals surface area contributed by atoms with Crippen molar-refractivity contribution in [3.05, 3.63) is 24.0 Å². The lowest BCUT2D eigenvalue weighted by Crippen LogP contribution is -2.28. The Balaban J connectivity index is 2.90. The summed E-state index contributed by atoms with van der Waals surface area (Å²) in [7, 11) is 0. The van der Waals surface area contributed by atoms with Crippen LogP contribution in [0.1, 0.15) is 27.2 Å². The molecule has 1 unspecified atom stereocenters. The van der Waals surface area contributed by atoms with Crippen LogP contribution in [0.3, 0.4) is 0 Å². The van der Waals surface area contributed by atoms with E-state index in [-0.39, 0.29) is 11.5 Å². The topological polar surface area (TPSA) is 29.3 Å². The Bertz CT molecular complexity index is 339. The highest BCUT2D eigenvalue weighted by Crippen LogP contribution is 2.26. The lowest BCUT2D eigenvalue weighted by molar-refractivity contribution is 0.547. The lowest BCUT2D eigenvalue weighted by atomic mass is 10.1. The fourth-order valence-corrected chi connectivity index (χ4v) is 1.70. The number of benzene rings is 1. The molecule has 2 nitrogen and oxygen atoms in total. The van der Waals surface area contributed by atoms with E-state index in [9.17, 15) is 4.39 Å². The van der Waals surface area contributed by atoms with Crippen LogP contribution in [0.5, 0.6) is 0 Å². The van der Waals surface area contributed by atoms with Crippen LogP contribution in [0.4, 0.5) is 15.8 Å². The van der Waals surface area contributed by atoms with Gasteiger partial charge in [-0.2, -0.15) is 0 Å². The van der Waals surface area contributed by atoms with Crippen molar-refractivity contribution < 1.29 is 4.39 Å². The smallest absolute Gasteiger partial charge is 0.148 e. The first-order valence-electron chi connectivity index (χ1n) is 5.89. The Morgan fingerprint density at radius 1 is 1.38 bits per heavy atom. The summed E-state index contributed by atoms with van der Waals surface area (Å²) < 4.78 is 13.3. The van der Waals surface area contributed by atoms with E-state index in [1.807, 2.05) is 6.07 Å². The first-order valence-corrected chi connectivity index (χ1v) is 5.89. The quantitative estimate of drug-likeness (QED) is 0.778. The number of halogens is 1. The molecular formula is C13H21FN2. The van der Waals surface area contributed by atoms with Crippen molar-refractivity contribution in [1.29, 1.82) is 0 Å². The third-order valence-electron chi connectivity index (χ3n) is 2.98. The van der Waals surface area contributed by atoms with Crippen LogP contribution in [0.25, 0.3) is 0 Å². The fraction of sp³-hybridized carbons (Fsp3) is 0.538. The van der Waals surface area contributed by atoms with E-state index in [0.717, 1.165) is 25.2 Å². The summed E-state index contributed by atoms with van der Waals surface area (Å²) in [5.74, 6) is 0.253. The summed E-state index contributed by atoms with van der Waals surface area (Å²) in [4.78, 5) is 2.13. The van der Waals surface area contributed by atoms with E-state index in [4.69, 9.17) is 5.73 Å². The zero-order chi connectivity index (χ0) is 12.1. The molecule has 0 saturated heterocycles. The minimum atomic E-state index is -0.333. The van der Waals surface area contributed by atoms with Gasteiger partial charge in [0.05, 0.1) is 11.4 Å². The number of anilines is 2. The number of hydrogen-bond acceptors (Lipinski definition) is 2. The van der Waals surface area contributed by atoms with Crippen LogP contribution in [0.2, 0.25) is 0 Å². The van der Waals surface area contributed by atoms with Gasteiger partial charge in [0.15, 0.2) is 0 Å². The molecule has 0 radical (unpaired) electrons. The molecule has 0 fully saturated rings. The third kappa shape index (κ3) is 2.87. The first kappa shape index (κ1) is 12.8. The first-order chi connectivity index (χ1) is 7.60. The van der Waals surface area contributed by atoms with Crippen molar-refractivity contribution in [3.8, 4) is 0 Å². The third-order valence-corrected chi connectivity index (χ3v) is 2.98. The SMILES string of the molecule is CCC(C)CN(CC)c1cccc(F)c1N. The number of hydrogen-bond donors (Lipinski definition) is 1. The average Bonchev–Trinajstić information content (AvgIpc) is 2.29. The van der Waals surface area contributed by atoms with Crippen LogP contribution >= 0.6 is 0 Å². The van der Waals surface area contributed by atoms with Crippen LogP contribution in [-0.4, -0.2) is 13.1 Å². The lowest BCUT2D eigenvalue weighted by Gasteiger charge is -2.27. The molecule has 1 rings (SSSR count). The number of nitrogen functional groups attached to an aromatic ring is 1. The van der Waals surface area contributed by atoms with Gasteiger partial charge in [0.2, 0.25) is 0 Å². The summed E-state index contributed by atoms with van der Waals surface area (Å²) >= 11 is 0. The van der Waals surface area contributed by atoms with Gasteiger partial charge in [0.1, 0.15) is 5.82 Å². The molecule has 1 aromatic carbocycles. The second-order valence-electron chi connectivity index (χ2n) is 4.22. The molecule has 0 aliphatic rings. The molecule has 16 heavy (non-hydrogen) atoms. The highest BCUT2D eigenvalue weighted by atomic mass is 19.1. The zero-order valence-electron chi connectivity index (χ0n) is 10.3. The van der Waals surface area contributed by atoms with Gasteiger partial charge in [-0.1, -0.05) is 26.3 Å². The van der Waals surface area contributed by atoms with Crippen molar-refractivity contribution >= 4 is 11.4 Å². The predicted molar refractivity (Wildman–Crippen MR) is 68.2 cm³/mol. The molecular weight excluding hydrogens is 203 g/mol. The van der Waals surface area contributed by atoms with Crippen LogP contribution in [0.15, 0.2) is 18.2 Å². The fourth-order valence-electron chi connectivity index (χ4n) is 1.70. The number of nitrogens with two attached hydrogens (primary N) is 1. The maximum absolute atomic E-state index is 13.3. The number of nitrogens with zero attached hydrogens (tertiary/aromatic N) is 1. The molecule has 0 saturated carbocycles.